The summed E-state index contributed by atoms with van der Waals surface area (Å²) >= 11 is 0. The number of nitrogens with one attached hydrogen (secondary N) is 1. The molecule has 7 heteroatoms. The molecule has 0 heterocycles. The first-order valence-corrected chi connectivity index (χ1v) is 12.3. The molecule has 1 unspecified atom stereocenters. The first-order valence-electron chi connectivity index (χ1n) is 10.8. The molecule has 3 rings (SSSR count). The third-order valence-corrected chi connectivity index (χ3v) is 6.47. The molecule has 0 aliphatic rings. The number of carbonyl (C=O) groups is 1. The van der Waals surface area contributed by atoms with Gasteiger partial charge in [0.25, 0.3) is 0 Å². The van der Waals surface area contributed by atoms with Crippen molar-refractivity contribution in [2.45, 2.75) is 37.3 Å². The maximum absolute atomic E-state index is 13.2. The van der Waals surface area contributed by atoms with E-state index in [0.717, 1.165) is 17.4 Å². The Hall–Kier alpha value is -2.84. The number of aldehydes is 1. The number of hydrogen-bond donors (Lipinski definition) is 1. The summed E-state index contributed by atoms with van der Waals surface area (Å²) in [6, 6.07) is 22.9. The van der Waals surface area contributed by atoms with Gasteiger partial charge in [0.2, 0.25) is 10.0 Å². The number of sulfonamides is 1. The first-order chi connectivity index (χ1) is 15.9. The quantitative estimate of drug-likeness (QED) is 0.242. The van der Waals surface area contributed by atoms with Gasteiger partial charge in [-0.2, -0.15) is 0 Å². The minimum Gasteiger partial charge on any atom is -0.354 e. The summed E-state index contributed by atoms with van der Waals surface area (Å²) in [5, 5.41) is 0. The van der Waals surface area contributed by atoms with Crippen molar-refractivity contribution >= 4 is 16.3 Å². The lowest BCUT2D eigenvalue weighted by molar-refractivity contribution is -0.0821. The molecule has 3 aromatic rings. The van der Waals surface area contributed by atoms with Crippen molar-refractivity contribution in [3.8, 4) is 11.1 Å². The normalized spacial score (nSPS) is 12.6. The Kier molecular flexibility index (Phi) is 8.91. The topological polar surface area (TPSA) is 81.7 Å². The molecule has 0 saturated heterocycles. The highest BCUT2D eigenvalue weighted by molar-refractivity contribution is 7.89. The molecule has 0 saturated carbocycles. The van der Waals surface area contributed by atoms with Crippen LogP contribution in [-0.2, 0) is 25.9 Å². The second kappa shape index (κ2) is 11.9. The van der Waals surface area contributed by atoms with Crippen LogP contribution >= 0.6 is 0 Å². The fraction of sp³-hybridized carbons (Fsp3) is 0.269. The van der Waals surface area contributed by atoms with Crippen LogP contribution in [0.4, 0.5) is 0 Å². The summed E-state index contributed by atoms with van der Waals surface area (Å²) < 4.78 is 40.2. The van der Waals surface area contributed by atoms with Crippen LogP contribution in [0.2, 0.25) is 0 Å². The zero-order valence-corrected chi connectivity index (χ0v) is 19.6. The molecular weight excluding hydrogens is 438 g/mol. The van der Waals surface area contributed by atoms with Crippen LogP contribution in [0.1, 0.15) is 29.8 Å². The molecule has 3 aromatic carbocycles. The fourth-order valence-electron chi connectivity index (χ4n) is 3.33. The predicted molar refractivity (Wildman–Crippen MR) is 129 cm³/mol. The van der Waals surface area contributed by atoms with Crippen LogP contribution in [0.3, 0.4) is 0 Å². The van der Waals surface area contributed by atoms with Crippen molar-refractivity contribution < 1.29 is 22.7 Å². The summed E-state index contributed by atoms with van der Waals surface area (Å²) in [5.74, 6) is 0. The Morgan fingerprint density at radius 2 is 1.61 bits per heavy atom. The maximum atomic E-state index is 13.2. The third-order valence-electron chi connectivity index (χ3n) is 4.95. The summed E-state index contributed by atoms with van der Waals surface area (Å²) in [7, 11) is -3.82. The standard InChI is InChI=1S/C26H29NO5S/c1-20(2)32-19-31-18-25(15-21-8-4-3-5-9-21)27-33(29,30)26-13-7-12-24(16-26)23-11-6-10-22(14-23)17-28/h3-14,16-17,20,25,27H,15,18-19H2,1-2H3. The molecule has 33 heavy (non-hydrogen) atoms. The lowest BCUT2D eigenvalue weighted by Crippen LogP contribution is -2.40. The molecule has 0 radical (unpaired) electrons. The highest BCUT2D eigenvalue weighted by Gasteiger charge is 2.21. The molecule has 6 nitrogen and oxygen atoms in total. The predicted octanol–water partition coefficient (Wildman–Crippen LogP) is 4.45. The van der Waals surface area contributed by atoms with Crippen LogP contribution in [0.25, 0.3) is 11.1 Å². The maximum Gasteiger partial charge on any atom is 0.240 e. The summed E-state index contributed by atoms with van der Waals surface area (Å²) in [4.78, 5) is 11.3. The Balaban J connectivity index is 1.79. The largest absolute Gasteiger partial charge is 0.354 e. The number of ether oxygens (including phenoxy) is 2. The van der Waals surface area contributed by atoms with Gasteiger partial charge in [-0.15, -0.1) is 0 Å². The van der Waals surface area contributed by atoms with Gasteiger partial charge >= 0.3 is 0 Å². The van der Waals surface area contributed by atoms with Crippen molar-refractivity contribution in [1.29, 1.82) is 0 Å². The molecule has 1 N–H and O–H groups in total. The minimum atomic E-state index is -3.82. The van der Waals surface area contributed by atoms with Crippen LogP contribution in [0.5, 0.6) is 0 Å². The molecule has 0 aromatic heterocycles. The molecule has 0 aliphatic carbocycles. The second-order valence-electron chi connectivity index (χ2n) is 7.98. The Morgan fingerprint density at radius 3 is 2.30 bits per heavy atom. The molecule has 0 aliphatic heterocycles. The molecule has 0 bridgehead atoms. The minimum absolute atomic E-state index is 0.0229. The van der Waals surface area contributed by atoms with E-state index in [1.807, 2.05) is 56.3 Å². The Morgan fingerprint density at radius 1 is 0.909 bits per heavy atom. The van der Waals surface area contributed by atoms with E-state index in [1.54, 1.807) is 36.4 Å². The van der Waals surface area contributed by atoms with E-state index in [9.17, 15) is 13.2 Å². The number of hydrogen-bond acceptors (Lipinski definition) is 5. The van der Waals surface area contributed by atoms with Crippen molar-refractivity contribution in [2.24, 2.45) is 0 Å². The van der Waals surface area contributed by atoms with Gasteiger partial charge in [0.05, 0.1) is 17.6 Å². The van der Waals surface area contributed by atoms with Gasteiger partial charge in [-0.05, 0) is 55.2 Å². The highest BCUT2D eigenvalue weighted by atomic mass is 32.2. The van der Waals surface area contributed by atoms with E-state index in [2.05, 4.69) is 4.72 Å². The number of benzene rings is 3. The van der Waals surface area contributed by atoms with E-state index < -0.39 is 16.1 Å². The smallest absolute Gasteiger partial charge is 0.240 e. The summed E-state index contributed by atoms with van der Waals surface area (Å²) in [5.41, 5.74) is 3.01. The Labute approximate surface area is 195 Å². The molecule has 1 atom stereocenters. The van der Waals surface area contributed by atoms with Gasteiger partial charge in [0, 0.05) is 11.6 Å². The van der Waals surface area contributed by atoms with Gasteiger partial charge in [-0.25, -0.2) is 13.1 Å². The number of rotatable bonds is 12. The molecular formula is C26H29NO5S. The second-order valence-corrected chi connectivity index (χ2v) is 9.70. The van der Waals surface area contributed by atoms with Crippen molar-refractivity contribution in [3.63, 3.8) is 0 Å². The number of carbonyl (C=O) groups excluding carboxylic acids is 1. The van der Waals surface area contributed by atoms with Crippen molar-refractivity contribution in [3.05, 3.63) is 90.0 Å². The van der Waals surface area contributed by atoms with Crippen molar-refractivity contribution in [2.75, 3.05) is 13.4 Å². The zero-order chi connectivity index (χ0) is 23.7. The van der Waals surface area contributed by atoms with Crippen molar-refractivity contribution in [1.82, 2.24) is 4.72 Å². The van der Waals surface area contributed by atoms with Gasteiger partial charge in [0.1, 0.15) is 13.1 Å². The van der Waals surface area contributed by atoms with E-state index in [1.165, 1.54) is 0 Å². The first kappa shape index (κ1) is 24.8. The average molecular weight is 468 g/mol. The molecule has 0 fully saturated rings. The van der Waals surface area contributed by atoms with Crippen LogP contribution in [0, 0.1) is 0 Å². The van der Waals surface area contributed by atoms with Crippen LogP contribution < -0.4 is 4.72 Å². The van der Waals surface area contributed by atoms with Gasteiger partial charge in [0.15, 0.2) is 0 Å². The molecule has 0 amide bonds. The van der Waals surface area contributed by atoms with E-state index >= 15 is 0 Å². The molecule has 0 spiro atoms. The zero-order valence-electron chi connectivity index (χ0n) is 18.8. The molecule has 174 valence electrons. The fourth-order valence-corrected chi connectivity index (χ4v) is 4.60. The van der Waals surface area contributed by atoms with Gasteiger partial charge in [-0.1, -0.05) is 60.7 Å². The lowest BCUT2D eigenvalue weighted by atomic mass is 10.0. The summed E-state index contributed by atoms with van der Waals surface area (Å²) in [6.45, 7) is 4.08. The van der Waals surface area contributed by atoms with Crippen LogP contribution in [-0.4, -0.2) is 40.2 Å². The van der Waals surface area contributed by atoms with E-state index in [0.29, 0.717) is 17.5 Å². The summed E-state index contributed by atoms with van der Waals surface area (Å²) in [6.07, 6.45) is 1.26. The monoisotopic (exact) mass is 467 g/mol. The van der Waals surface area contributed by atoms with E-state index in [4.69, 9.17) is 9.47 Å². The SMILES string of the molecule is CC(C)OCOCC(Cc1ccccc1)NS(=O)(=O)c1cccc(-c2cccc(C=O)c2)c1. The third kappa shape index (κ3) is 7.61. The highest BCUT2D eigenvalue weighted by Crippen LogP contribution is 2.23. The average Bonchev–Trinajstić information content (AvgIpc) is 2.82. The Bertz CT molecular complexity index is 1150. The van der Waals surface area contributed by atoms with E-state index in [-0.39, 0.29) is 24.4 Å². The lowest BCUT2D eigenvalue weighted by Gasteiger charge is -2.20. The van der Waals surface area contributed by atoms with Crippen LogP contribution in [0.15, 0.2) is 83.8 Å². The van der Waals surface area contributed by atoms with Gasteiger partial charge < -0.3 is 9.47 Å². The van der Waals surface area contributed by atoms with Gasteiger partial charge in [-0.3, -0.25) is 4.79 Å².